The smallest absolute Gasteiger partial charge is 0.238 e. The number of azo groups is 1. The van der Waals surface area contributed by atoms with Gasteiger partial charge in [0.15, 0.2) is 0 Å². The van der Waals surface area contributed by atoms with Crippen molar-refractivity contribution >= 4 is 23.0 Å². The Morgan fingerprint density at radius 3 is 2.10 bits per heavy atom. The molecule has 2 aromatic carbocycles. The molecule has 0 unspecified atom stereocenters. The Labute approximate surface area is 182 Å². The standard InChI is InChI=1S/C24H26N6O/c31-24(19-30-16-14-29(15-17-30)18-20-10-12-25-13-11-20)26-21-6-8-23(9-7-21)28-27-22-4-2-1-3-5-22/h1-13H,14-19H2,(H,26,31). The number of pyridine rings is 1. The molecule has 7 nitrogen and oxygen atoms in total. The Balaban J connectivity index is 1.21. The molecule has 0 radical (unpaired) electrons. The number of anilines is 1. The molecule has 2 heterocycles. The van der Waals surface area contributed by atoms with Crippen LogP contribution in [0.2, 0.25) is 0 Å². The third-order valence-electron chi connectivity index (χ3n) is 5.18. The van der Waals surface area contributed by atoms with Crippen LogP contribution in [-0.2, 0) is 11.3 Å². The van der Waals surface area contributed by atoms with Crippen LogP contribution in [0.25, 0.3) is 0 Å². The third-order valence-corrected chi connectivity index (χ3v) is 5.18. The van der Waals surface area contributed by atoms with Gasteiger partial charge in [0.25, 0.3) is 0 Å². The number of nitrogens with zero attached hydrogens (tertiary/aromatic N) is 5. The number of amides is 1. The lowest BCUT2D eigenvalue weighted by molar-refractivity contribution is -0.117. The zero-order valence-corrected chi connectivity index (χ0v) is 17.4. The zero-order chi connectivity index (χ0) is 21.3. The molecule has 1 aliphatic heterocycles. The Hall–Kier alpha value is -3.42. The van der Waals surface area contributed by atoms with E-state index in [-0.39, 0.29) is 5.91 Å². The summed E-state index contributed by atoms with van der Waals surface area (Å²) in [5.41, 5.74) is 3.58. The molecule has 0 bridgehead atoms. The minimum absolute atomic E-state index is 0.00115. The molecule has 31 heavy (non-hydrogen) atoms. The Morgan fingerprint density at radius 2 is 1.42 bits per heavy atom. The van der Waals surface area contributed by atoms with Gasteiger partial charge < -0.3 is 5.32 Å². The largest absolute Gasteiger partial charge is 0.325 e. The van der Waals surface area contributed by atoms with E-state index in [9.17, 15) is 4.79 Å². The SMILES string of the molecule is O=C(CN1CCN(Cc2ccncc2)CC1)Nc1ccc(N=Nc2ccccc2)cc1. The molecule has 1 N–H and O–H groups in total. The summed E-state index contributed by atoms with van der Waals surface area (Å²) in [4.78, 5) is 21.1. The monoisotopic (exact) mass is 414 g/mol. The van der Waals surface area contributed by atoms with Crippen LogP contribution in [0.4, 0.5) is 17.1 Å². The topological polar surface area (TPSA) is 73.2 Å². The van der Waals surface area contributed by atoms with Crippen molar-refractivity contribution in [2.45, 2.75) is 6.54 Å². The quantitative estimate of drug-likeness (QED) is 0.587. The lowest BCUT2D eigenvalue weighted by Gasteiger charge is -2.34. The number of benzene rings is 2. The molecule has 0 aliphatic carbocycles. The molecule has 158 valence electrons. The van der Waals surface area contributed by atoms with Crippen molar-refractivity contribution in [3.8, 4) is 0 Å². The lowest BCUT2D eigenvalue weighted by Crippen LogP contribution is -2.48. The maximum Gasteiger partial charge on any atom is 0.238 e. The Kier molecular flexibility index (Phi) is 7.10. The van der Waals surface area contributed by atoms with Gasteiger partial charge in [0.2, 0.25) is 5.91 Å². The Morgan fingerprint density at radius 1 is 0.806 bits per heavy atom. The van der Waals surface area contributed by atoms with E-state index in [2.05, 4.69) is 30.3 Å². The van der Waals surface area contributed by atoms with E-state index in [1.807, 2.05) is 79.1 Å². The number of nitrogens with one attached hydrogen (secondary N) is 1. The van der Waals surface area contributed by atoms with E-state index in [1.54, 1.807) is 0 Å². The van der Waals surface area contributed by atoms with Gasteiger partial charge >= 0.3 is 0 Å². The molecule has 1 fully saturated rings. The van der Waals surface area contributed by atoms with Crippen LogP contribution in [0.1, 0.15) is 5.56 Å². The van der Waals surface area contributed by atoms with Crippen LogP contribution < -0.4 is 5.32 Å². The zero-order valence-electron chi connectivity index (χ0n) is 17.4. The summed E-state index contributed by atoms with van der Waals surface area (Å²) in [6.45, 7) is 5.01. The van der Waals surface area contributed by atoms with E-state index < -0.39 is 0 Å². The summed E-state index contributed by atoms with van der Waals surface area (Å²) in [6, 6.07) is 21.1. The second kappa shape index (κ2) is 10.6. The Bertz CT molecular complexity index is 984. The first-order valence-corrected chi connectivity index (χ1v) is 10.4. The van der Waals surface area contributed by atoms with Crippen LogP contribution in [0.15, 0.2) is 89.4 Å². The number of rotatable bonds is 7. The lowest BCUT2D eigenvalue weighted by atomic mass is 10.2. The fourth-order valence-corrected chi connectivity index (χ4v) is 3.48. The number of carbonyl (C=O) groups excluding carboxylic acids is 1. The summed E-state index contributed by atoms with van der Waals surface area (Å²) >= 11 is 0. The van der Waals surface area contributed by atoms with Crippen molar-refractivity contribution in [3.05, 3.63) is 84.7 Å². The highest BCUT2D eigenvalue weighted by Crippen LogP contribution is 2.20. The van der Waals surface area contributed by atoms with Crippen molar-refractivity contribution in [2.24, 2.45) is 10.2 Å². The van der Waals surface area contributed by atoms with Gasteiger partial charge in [-0.25, -0.2) is 0 Å². The normalized spacial score (nSPS) is 15.2. The van der Waals surface area contributed by atoms with Gasteiger partial charge in [-0.15, -0.1) is 0 Å². The third kappa shape index (κ3) is 6.53. The number of hydrogen-bond acceptors (Lipinski definition) is 6. The highest BCUT2D eigenvalue weighted by molar-refractivity contribution is 5.92. The van der Waals surface area contributed by atoms with Crippen molar-refractivity contribution < 1.29 is 4.79 Å². The molecule has 1 aromatic heterocycles. The summed E-state index contributed by atoms with van der Waals surface area (Å²) in [7, 11) is 0. The first kappa shape index (κ1) is 20.8. The minimum atomic E-state index is 0.00115. The van der Waals surface area contributed by atoms with Crippen molar-refractivity contribution in [1.29, 1.82) is 0 Å². The second-order valence-corrected chi connectivity index (χ2v) is 7.54. The van der Waals surface area contributed by atoms with Crippen LogP contribution in [0, 0.1) is 0 Å². The predicted octanol–water partition coefficient (Wildman–Crippen LogP) is 4.25. The molecular weight excluding hydrogens is 388 g/mol. The molecule has 7 heteroatoms. The summed E-state index contributed by atoms with van der Waals surface area (Å²) < 4.78 is 0. The van der Waals surface area contributed by atoms with Crippen LogP contribution >= 0.6 is 0 Å². The van der Waals surface area contributed by atoms with Crippen LogP contribution in [-0.4, -0.2) is 53.4 Å². The molecule has 3 aromatic rings. The molecule has 0 saturated carbocycles. The van der Waals surface area contributed by atoms with Crippen molar-refractivity contribution in [3.63, 3.8) is 0 Å². The van der Waals surface area contributed by atoms with Crippen LogP contribution in [0.5, 0.6) is 0 Å². The van der Waals surface area contributed by atoms with E-state index in [0.29, 0.717) is 6.54 Å². The van der Waals surface area contributed by atoms with Crippen molar-refractivity contribution in [2.75, 3.05) is 38.0 Å². The van der Waals surface area contributed by atoms with Gasteiger partial charge in [0.1, 0.15) is 0 Å². The fraction of sp³-hybridized carbons (Fsp3) is 0.250. The average molecular weight is 415 g/mol. The molecular formula is C24H26N6O. The van der Waals surface area contributed by atoms with Crippen LogP contribution in [0.3, 0.4) is 0 Å². The van der Waals surface area contributed by atoms with Gasteiger partial charge in [-0.2, -0.15) is 10.2 Å². The first-order valence-electron chi connectivity index (χ1n) is 10.4. The number of aromatic nitrogens is 1. The van der Waals surface area contributed by atoms with Crippen molar-refractivity contribution in [1.82, 2.24) is 14.8 Å². The summed E-state index contributed by atoms with van der Waals surface area (Å²) in [5, 5.41) is 11.4. The van der Waals surface area contributed by atoms with Gasteiger partial charge in [-0.05, 0) is 54.1 Å². The van der Waals surface area contributed by atoms with Gasteiger partial charge in [0, 0.05) is 50.8 Å². The first-order chi connectivity index (χ1) is 15.2. The van der Waals surface area contributed by atoms with Gasteiger partial charge in [-0.1, -0.05) is 18.2 Å². The van der Waals surface area contributed by atoms with E-state index in [4.69, 9.17) is 0 Å². The predicted molar refractivity (Wildman–Crippen MR) is 122 cm³/mol. The highest BCUT2D eigenvalue weighted by atomic mass is 16.2. The summed E-state index contributed by atoms with van der Waals surface area (Å²) in [6.07, 6.45) is 3.66. The minimum Gasteiger partial charge on any atom is -0.325 e. The maximum absolute atomic E-state index is 12.4. The molecule has 4 rings (SSSR count). The molecule has 1 aliphatic rings. The van der Waals surface area contributed by atoms with Gasteiger partial charge in [0.05, 0.1) is 17.9 Å². The van der Waals surface area contributed by atoms with E-state index in [1.165, 1.54) is 5.56 Å². The number of piperazine rings is 1. The average Bonchev–Trinajstić information content (AvgIpc) is 2.81. The molecule has 1 amide bonds. The maximum atomic E-state index is 12.4. The van der Waals surface area contributed by atoms with Gasteiger partial charge in [-0.3, -0.25) is 19.6 Å². The second-order valence-electron chi connectivity index (χ2n) is 7.54. The highest BCUT2D eigenvalue weighted by Gasteiger charge is 2.19. The fourth-order valence-electron chi connectivity index (χ4n) is 3.48. The van der Waals surface area contributed by atoms with E-state index >= 15 is 0 Å². The summed E-state index contributed by atoms with van der Waals surface area (Å²) in [5.74, 6) is 0.00115. The number of hydrogen-bond donors (Lipinski definition) is 1. The number of carbonyl (C=O) groups is 1. The molecule has 0 spiro atoms. The molecule has 0 atom stereocenters. The van der Waals surface area contributed by atoms with E-state index in [0.717, 1.165) is 49.8 Å². The molecule has 1 saturated heterocycles.